The Bertz CT molecular complexity index is 7010. The van der Waals surface area contributed by atoms with E-state index >= 15 is 0 Å². The summed E-state index contributed by atoms with van der Waals surface area (Å²) in [6.07, 6.45) is 1.10. The lowest BCUT2D eigenvalue weighted by Gasteiger charge is -2.39. The van der Waals surface area contributed by atoms with Gasteiger partial charge in [-0.05, 0) is 233 Å². The highest BCUT2D eigenvalue weighted by Gasteiger charge is 2.45. The second-order valence-electron chi connectivity index (χ2n) is 42.3. The van der Waals surface area contributed by atoms with Gasteiger partial charge in [0.05, 0.1) is 0 Å². The molecule has 148 heavy (non-hydrogen) atoms. The smallest absolute Gasteiger partial charge is 0.250 e. The molecule has 1 aromatic heterocycles. The molecule has 0 amide bonds. The lowest BCUT2D eigenvalue weighted by atomic mass is 10.0. The molecule has 0 saturated heterocycles. The molecule has 2 aliphatic heterocycles. The van der Waals surface area contributed by atoms with Gasteiger partial charge in [-0.3, -0.25) is 4.79 Å². The third-order valence-corrected chi connectivity index (χ3v) is 40.6. The number of hydrogen-bond acceptors (Lipinski definition) is 16. The molecule has 0 radical (unpaired) electrons. The molecule has 760 valence electrons. The van der Waals surface area contributed by atoms with Gasteiger partial charge >= 0.3 is 0 Å². The summed E-state index contributed by atoms with van der Waals surface area (Å²) in [5.41, 5.74) is 17.1. The third kappa shape index (κ3) is 27.6. The molecule has 0 bridgehead atoms. The molecule has 18 rings (SSSR count). The van der Waals surface area contributed by atoms with Gasteiger partial charge in [0, 0.05) is 40.7 Å². The van der Waals surface area contributed by atoms with Crippen LogP contribution in [0.4, 0.5) is 0 Å². The average molecular weight is 2030 g/mol. The molecule has 3 heterocycles. The fraction of sp³-hybridized carbons (Fsp3) is 0.248. The molecule has 0 fully saturated rings. The Labute approximate surface area is 876 Å². The number of aryl methyl sites for hydroxylation is 3. The minimum absolute atomic E-state index is 0.00953. The van der Waals surface area contributed by atoms with Crippen LogP contribution in [0.3, 0.4) is 0 Å². The van der Waals surface area contributed by atoms with Crippen molar-refractivity contribution >= 4 is 47.4 Å². The molecule has 0 N–H and O–H groups in total. The molecule has 0 saturated carbocycles. The quantitative estimate of drug-likeness (QED) is 0.0341. The van der Waals surface area contributed by atoms with E-state index in [1.165, 1.54) is 0 Å². The summed E-state index contributed by atoms with van der Waals surface area (Å²) >= 11 is 0. The molecule has 0 aliphatic carbocycles. The Morgan fingerprint density at radius 1 is 0.257 bits per heavy atom. The van der Waals surface area contributed by atoms with Gasteiger partial charge in [0.15, 0.2) is 57.5 Å². The molecular formula is C129H136O16Si3. The fourth-order valence-corrected chi connectivity index (χ4v) is 19.3. The van der Waals surface area contributed by atoms with Crippen LogP contribution in [0.15, 0.2) is 385 Å². The zero-order valence-electron chi connectivity index (χ0n) is 88.5. The van der Waals surface area contributed by atoms with Crippen molar-refractivity contribution in [2.45, 2.75) is 210 Å². The van der Waals surface area contributed by atoms with Gasteiger partial charge in [0.25, 0.3) is 8.32 Å². The second kappa shape index (κ2) is 47.6. The molecule has 0 unspecified atom stereocenters. The van der Waals surface area contributed by atoms with Crippen LogP contribution >= 0.6 is 0 Å². The molecular weight excluding hydrogens is 1890 g/mol. The molecule has 2 aliphatic rings. The van der Waals surface area contributed by atoms with E-state index in [1.807, 2.05) is 274 Å². The van der Waals surface area contributed by atoms with Gasteiger partial charge in [-0.1, -0.05) is 335 Å². The Kier molecular flexibility index (Phi) is 33.9. The first kappa shape index (κ1) is 106. The van der Waals surface area contributed by atoms with Crippen molar-refractivity contribution in [3.05, 3.63) is 475 Å². The van der Waals surface area contributed by atoms with E-state index in [0.717, 1.165) is 124 Å². The van der Waals surface area contributed by atoms with E-state index < -0.39 is 25.0 Å². The Morgan fingerprint density at radius 2 is 0.493 bits per heavy atom. The number of ether oxygens (including phenoxy) is 11. The summed E-state index contributed by atoms with van der Waals surface area (Å²) in [6, 6.07) is 121. The molecule has 16 nitrogen and oxygen atoms in total. The van der Waals surface area contributed by atoms with Crippen molar-refractivity contribution in [2.75, 3.05) is 0 Å². The van der Waals surface area contributed by atoms with Gasteiger partial charge in [-0.2, -0.15) is 0 Å². The molecule has 0 spiro atoms. The largest absolute Gasteiger partial charge is 0.544 e. The third-order valence-electron chi connectivity index (χ3n) is 27.6. The Morgan fingerprint density at radius 3 is 0.777 bits per heavy atom. The van der Waals surface area contributed by atoms with E-state index in [0.29, 0.717) is 146 Å². The Hall–Kier alpha value is -15.2. The summed E-state index contributed by atoms with van der Waals surface area (Å²) in [7, 11) is -7.03. The maximum Gasteiger partial charge on any atom is 0.250 e. The lowest BCUT2D eigenvalue weighted by molar-refractivity contribution is 0.255. The molecule has 15 aromatic carbocycles. The second-order valence-corrected chi connectivity index (χ2v) is 56.5. The van der Waals surface area contributed by atoms with E-state index in [9.17, 15) is 4.79 Å². The normalized spacial score (nSPS) is 12.5. The van der Waals surface area contributed by atoms with Crippen LogP contribution in [-0.4, -0.2) is 25.0 Å². The van der Waals surface area contributed by atoms with E-state index in [-0.39, 0.29) is 26.3 Å². The minimum atomic E-state index is -2.52. The maximum atomic E-state index is 14.7. The predicted octanol–water partition coefficient (Wildman–Crippen LogP) is 33.0. The van der Waals surface area contributed by atoms with Crippen molar-refractivity contribution in [3.63, 3.8) is 0 Å². The van der Waals surface area contributed by atoms with Gasteiger partial charge in [0.2, 0.25) is 22.1 Å². The van der Waals surface area contributed by atoms with Crippen LogP contribution in [0, 0.1) is 20.8 Å². The first-order valence-electron chi connectivity index (χ1n) is 50.8. The van der Waals surface area contributed by atoms with Crippen LogP contribution in [0.25, 0.3) is 33.8 Å². The van der Waals surface area contributed by atoms with E-state index in [4.69, 9.17) is 69.8 Å². The Balaban J connectivity index is 0.000000158. The molecule has 16 aromatic rings. The van der Waals surface area contributed by atoms with Crippen LogP contribution in [0.1, 0.15) is 151 Å². The topological polar surface area (TPSA) is 159 Å². The van der Waals surface area contributed by atoms with Gasteiger partial charge in [-0.15, -0.1) is 0 Å². The SMILES string of the molecule is Cc1cc(OCc2ccccc2)c2c(=O)c(O[Si](C)(C)C(C)(C)C)c(-c3ccc(OCc4ccccc4)c(OCc4ccccc4)c3)oc2c1.Cc1cc(OCc2ccccc2)c2c(c1)OC(c1ccc(OCc3ccccc3)c(OCc3ccccc3)c1)=C(O[Si](C)(C)C(C)(C)C)C2.Cc1cc(OCc2ccccc2)c2c(c1)OC(c1ccc(OCc3ccccc3)c(OCc3ccccc3)c1)=C(O[Si](C)(C)C(C)(C)C)C2. The zero-order valence-corrected chi connectivity index (χ0v) is 91.5. The maximum absolute atomic E-state index is 14.7. The lowest BCUT2D eigenvalue weighted by Crippen LogP contribution is -2.45. The predicted molar refractivity (Wildman–Crippen MR) is 602 cm³/mol. The van der Waals surface area contributed by atoms with Gasteiger partial charge < -0.3 is 69.8 Å². The van der Waals surface area contributed by atoms with Crippen LogP contribution in [0.5, 0.6) is 69.0 Å². The van der Waals surface area contributed by atoms with Crippen molar-refractivity contribution in [3.8, 4) is 80.3 Å². The first-order chi connectivity index (χ1) is 71.1. The first-order valence-corrected chi connectivity index (χ1v) is 59.5. The highest BCUT2D eigenvalue weighted by molar-refractivity contribution is 6.75. The van der Waals surface area contributed by atoms with Crippen LogP contribution in [0.2, 0.25) is 54.4 Å². The van der Waals surface area contributed by atoms with Gasteiger partial charge in [-0.25, -0.2) is 0 Å². The number of hydrogen-bond donors (Lipinski definition) is 0. The van der Waals surface area contributed by atoms with Crippen molar-refractivity contribution in [1.82, 2.24) is 0 Å². The van der Waals surface area contributed by atoms with Crippen LogP contribution < -0.4 is 62.0 Å². The average Bonchev–Trinajstić information content (AvgIpc) is 0.753. The van der Waals surface area contributed by atoms with Crippen molar-refractivity contribution < 1.29 is 69.8 Å². The summed E-state index contributed by atoms with van der Waals surface area (Å²) in [5.74, 6) is 10.9. The summed E-state index contributed by atoms with van der Waals surface area (Å²) in [5, 5.41) is 0.159. The zero-order chi connectivity index (χ0) is 104. The van der Waals surface area contributed by atoms with E-state index in [1.54, 1.807) is 0 Å². The highest BCUT2D eigenvalue weighted by atomic mass is 28.4. The number of rotatable bonds is 36. The minimum Gasteiger partial charge on any atom is -0.544 e. The summed E-state index contributed by atoms with van der Waals surface area (Å²) in [6.45, 7) is 43.0. The molecule has 19 heteroatoms. The molecule has 0 atom stereocenters. The number of fused-ring (bicyclic) bond motifs is 3. The fourth-order valence-electron chi connectivity index (χ4n) is 16.1. The standard InChI is InChI=1S/C43H44O6Si.2C43H46O5Si/c1-30-24-37(47-29-33-20-14-9-15-21-33)39-38(25-30)48-41(42(40(39)44)49-50(5,6)43(2,3)4)34-22-23-35(45-27-31-16-10-7-11-17-31)36(26-34)46-28-32-18-12-8-13-19-32;2*1-31-24-38(45-29-33-18-12-8-13-19-33)36-27-41(48-49(5,6)43(2,3)4)42(47-39(36)25-31)35-22-23-37(44-28-32-16-10-7-11-17-32)40(26-35)46-30-34-20-14-9-15-21-34/h7-26H,27-29H2,1-6H3;2*7-26H,27-30H2,1-6H3. The number of allylic oxidation sites excluding steroid dienone is 2. The summed E-state index contributed by atoms with van der Waals surface area (Å²) < 4.78 is 98.9. The van der Waals surface area contributed by atoms with Crippen molar-refractivity contribution in [1.29, 1.82) is 0 Å². The van der Waals surface area contributed by atoms with Crippen LogP contribution in [-0.2, 0) is 81.2 Å². The number of benzene rings is 15. The monoisotopic (exact) mass is 2020 g/mol. The summed E-state index contributed by atoms with van der Waals surface area (Å²) in [4.78, 5) is 14.7. The van der Waals surface area contributed by atoms with E-state index in [2.05, 4.69) is 213 Å². The highest BCUT2D eigenvalue weighted by Crippen LogP contribution is 2.51. The van der Waals surface area contributed by atoms with Crippen molar-refractivity contribution in [2.24, 2.45) is 0 Å². The van der Waals surface area contributed by atoms with Gasteiger partial charge in [0.1, 0.15) is 111 Å².